The number of carbonyl (C=O) groups is 1. The molecule has 0 aliphatic heterocycles. The molecule has 1 rings (SSSR count). The van der Waals surface area contributed by atoms with Crippen LogP contribution in [0.2, 0.25) is 0 Å². The standard InChI is InChI=1S/C7H6BrFN2O/c8-6-4(9)2-1-3-5(6)11-7(10)12/h1-3H,(H3,10,11,12). The van der Waals surface area contributed by atoms with Gasteiger partial charge in [-0.3, -0.25) is 0 Å². The van der Waals surface area contributed by atoms with Gasteiger partial charge in [-0.1, -0.05) is 6.07 Å². The number of rotatable bonds is 1. The van der Waals surface area contributed by atoms with Gasteiger partial charge in [-0.2, -0.15) is 0 Å². The molecule has 12 heavy (non-hydrogen) atoms. The highest BCUT2D eigenvalue weighted by molar-refractivity contribution is 9.10. The fourth-order valence-corrected chi connectivity index (χ4v) is 1.10. The molecule has 3 nitrogen and oxygen atoms in total. The predicted molar refractivity (Wildman–Crippen MR) is 47.3 cm³/mol. The molecule has 5 heteroatoms. The Hall–Kier alpha value is -1.10. The number of nitrogens with two attached hydrogens (primary N) is 1. The minimum atomic E-state index is -0.721. The molecule has 3 N–H and O–H groups in total. The molecule has 64 valence electrons. The summed E-state index contributed by atoms with van der Waals surface area (Å²) in [5.74, 6) is -0.443. The lowest BCUT2D eigenvalue weighted by molar-refractivity contribution is 0.259. The second-order valence-electron chi connectivity index (χ2n) is 2.09. The van der Waals surface area contributed by atoms with Gasteiger partial charge in [0.2, 0.25) is 0 Å². The topological polar surface area (TPSA) is 55.1 Å². The van der Waals surface area contributed by atoms with Gasteiger partial charge in [-0.05, 0) is 28.1 Å². The molecular weight excluding hydrogens is 227 g/mol. The maximum Gasteiger partial charge on any atom is 0.316 e. The van der Waals surface area contributed by atoms with E-state index in [0.717, 1.165) is 0 Å². The molecule has 0 aromatic heterocycles. The van der Waals surface area contributed by atoms with Crippen LogP contribution < -0.4 is 11.1 Å². The van der Waals surface area contributed by atoms with E-state index in [1.807, 2.05) is 0 Å². The number of primary amides is 1. The molecule has 0 atom stereocenters. The van der Waals surface area contributed by atoms with Crippen molar-refractivity contribution in [3.63, 3.8) is 0 Å². The van der Waals surface area contributed by atoms with Crippen LogP contribution in [0, 0.1) is 5.82 Å². The number of hydrogen-bond donors (Lipinski definition) is 2. The van der Waals surface area contributed by atoms with Gasteiger partial charge in [0.1, 0.15) is 5.82 Å². The number of halogens is 2. The summed E-state index contributed by atoms with van der Waals surface area (Å²) in [5, 5.41) is 2.27. The van der Waals surface area contributed by atoms with Gasteiger partial charge in [-0.25, -0.2) is 9.18 Å². The molecule has 0 saturated heterocycles. The number of hydrogen-bond acceptors (Lipinski definition) is 1. The molecule has 0 unspecified atom stereocenters. The van der Waals surface area contributed by atoms with Gasteiger partial charge in [0.15, 0.2) is 0 Å². The van der Waals surface area contributed by atoms with Crippen LogP contribution in [0.4, 0.5) is 14.9 Å². The minimum Gasteiger partial charge on any atom is -0.351 e. The van der Waals surface area contributed by atoms with E-state index in [2.05, 4.69) is 21.2 Å². The fourth-order valence-electron chi connectivity index (χ4n) is 0.733. The zero-order valence-electron chi connectivity index (χ0n) is 5.97. The van der Waals surface area contributed by atoms with Crippen LogP contribution in [0.5, 0.6) is 0 Å². The lowest BCUT2D eigenvalue weighted by Gasteiger charge is -2.03. The average molecular weight is 233 g/mol. The molecule has 0 aliphatic rings. The number of nitrogens with one attached hydrogen (secondary N) is 1. The largest absolute Gasteiger partial charge is 0.351 e. The van der Waals surface area contributed by atoms with Gasteiger partial charge in [-0.15, -0.1) is 0 Å². The van der Waals surface area contributed by atoms with Crippen LogP contribution in [-0.2, 0) is 0 Å². The van der Waals surface area contributed by atoms with E-state index >= 15 is 0 Å². The molecule has 0 spiro atoms. The van der Waals surface area contributed by atoms with Crippen molar-refractivity contribution in [2.75, 3.05) is 5.32 Å². The van der Waals surface area contributed by atoms with E-state index in [4.69, 9.17) is 5.73 Å². The molecule has 1 aromatic carbocycles. The first-order chi connectivity index (χ1) is 5.61. The molecular formula is C7H6BrFN2O. The van der Waals surface area contributed by atoms with E-state index in [0.29, 0.717) is 5.69 Å². The molecule has 2 amide bonds. The maximum atomic E-state index is 12.8. The van der Waals surface area contributed by atoms with E-state index < -0.39 is 11.8 Å². The fraction of sp³-hybridized carbons (Fsp3) is 0. The molecule has 0 radical (unpaired) electrons. The highest BCUT2D eigenvalue weighted by atomic mass is 79.9. The summed E-state index contributed by atoms with van der Waals surface area (Å²) in [5.41, 5.74) is 5.17. The highest BCUT2D eigenvalue weighted by Gasteiger charge is 2.05. The summed E-state index contributed by atoms with van der Waals surface area (Å²) in [4.78, 5) is 10.4. The van der Waals surface area contributed by atoms with E-state index in [1.165, 1.54) is 18.2 Å². The first-order valence-electron chi connectivity index (χ1n) is 3.11. The van der Waals surface area contributed by atoms with Crippen LogP contribution in [0.25, 0.3) is 0 Å². The summed E-state index contributed by atoms with van der Waals surface area (Å²) < 4.78 is 13.0. The van der Waals surface area contributed by atoms with Gasteiger partial charge >= 0.3 is 6.03 Å². The Kier molecular flexibility index (Phi) is 2.65. The van der Waals surface area contributed by atoms with Crippen molar-refractivity contribution in [3.05, 3.63) is 28.5 Å². The van der Waals surface area contributed by atoms with Crippen molar-refractivity contribution in [1.29, 1.82) is 0 Å². The van der Waals surface area contributed by atoms with Gasteiger partial charge < -0.3 is 11.1 Å². The molecule has 0 saturated carbocycles. The Bertz CT molecular complexity index is 316. The lowest BCUT2D eigenvalue weighted by atomic mass is 10.3. The maximum absolute atomic E-state index is 12.8. The first kappa shape index (κ1) is 8.99. The zero-order chi connectivity index (χ0) is 9.14. The van der Waals surface area contributed by atoms with Gasteiger partial charge in [0.25, 0.3) is 0 Å². The Balaban J connectivity index is 3.00. The van der Waals surface area contributed by atoms with Gasteiger partial charge in [0.05, 0.1) is 10.2 Å². The van der Waals surface area contributed by atoms with Gasteiger partial charge in [0, 0.05) is 0 Å². The molecule has 0 aliphatic carbocycles. The molecule has 0 bridgehead atoms. The summed E-state index contributed by atoms with van der Waals surface area (Å²) in [6, 6.07) is 3.57. The van der Waals surface area contributed by atoms with Crippen LogP contribution in [0.3, 0.4) is 0 Å². The normalized spacial score (nSPS) is 9.50. The van der Waals surface area contributed by atoms with E-state index in [-0.39, 0.29) is 4.47 Å². The zero-order valence-corrected chi connectivity index (χ0v) is 7.56. The summed E-state index contributed by atoms with van der Waals surface area (Å²) in [6.07, 6.45) is 0. The second kappa shape index (κ2) is 3.53. The van der Waals surface area contributed by atoms with Crippen molar-refractivity contribution in [2.24, 2.45) is 5.73 Å². The summed E-state index contributed by atoms with van der Waals surface area (Å²) >= 11 is 2.96. The smallest absolute Gasteiger partial charge is 0.316 e. The van der Waals surface area contributed by atoms with Crippen LogP contribution in [0.1, 0.15) is 0 Å². The van der Waals surface area contributed by atoms with E-state index in [1.54, 1.807) is 0 Å². The molecule has 1 aromatic rings. The van der Waals surface area contributed by atoms with E-state index in [9.17, 15) is 9.18 Å². The third-order valence-corrected chi connectivity index (χ3v) is 2.02. The van der Waals surface area contributed by atoms with Crippen molar-refractivity contribution in [1.82, 2.24) is 0 Å². The Labute approximate surface area is 76.9 Å². The summed E-state index contributed by atoms with van der Waals surface area (Å²) in [6.45, 7) is 0. The highest BCUT2D eigenvalue weighted by Crippen LogP contribution is 2.24. The number of anilines is 1. The Morgan fingerprint density at radius 2 is 2.25 bits per heavy atom. The van der Waals surface area contributed by atoms with Crippen molar-refractivity contribution >= 4 is 27.6 Å². The third kappa shape index (κ3) is 1.94. The average Bonchev–Trinajstić information content (AvgIpc) is 1.98. The number of urea groups is 1. The summed E-state index contributed by atoms with van der Waals surface area (Å²) in [7, 11) is 0. The second-order valence-corrected chi connectivity index (χ2v) is 2.88. The van der Waals surface area contributed by atoms with Crippen molar-refractivity contribution in [3.8, 4) is 0 Å². The Morgan fingerprint density at radius 3 is 2.83 bits per heavy atom. The number of benzene rings is 1. The van der Waals surface area contributed by atoms with Crippen molar-refractivity contribution in [2.45, 2.75) is 0 Å². The lowest BCUT2D eigenvalue weighted by Crippen LogP contribution is -2.19. The van der Waals surface area contributed by atoms with Crippen LogP contribution in [-0.4, -0.2) is 6.03 Å². The molecule has 0 heterocycles. The Morgan fingerprint density at radius 1 is 1.58 bits per heavy atom. The SMILES string of the molecule is NC(=O)Nc1cccc(F)c1Br. The number of carbonyl (C=O) groups excluding carboxylic acids is 1. The van der Waals surface area contributed by atoms with Crippen LogP contribution in [0.15, 0.2) is 22.7 Å². The quantitative estimate of drug-likeness (QED) is 0.766. The predicted octanol–water partition coefficient (Wildman–Crippen LogP) is 2.08. The number of amides is 2. The molecule has 0 fully saturated rings. The minimum absolute atomic E-state index is 0.198. The monoisotopic (exact) mass is 232 g/mol. The first-order valence-corrected chi connectivity index (χ1v) is 3.91. The van der Waals surface area contributed by atoms with Crippen molar-refractivity contribution < 1.29 is 9.18 Å². The third-order valence-electron chi connectivity index (χ3n) is 1.21. The van der Waals surface area contributed by atoms with Crippen LogP contribution >= 0.6 is 15.9 Å².